The summed E-state index contributed by atoms with van der Waals surface area (Å²) >= 11 is 0. The number of pyridine rings is 1. The number of aromatic nitrogens is 1. The van der Waals surface area contributed by atoms with E-state index in [0.717, 1.165) is 5.56 Å². The Kier molecular flexibility index (Phi) is 8.17. The van der Waals surface area contributed by atoms with Crippen molar-refractivity contribution in [1.29, 1.82) is 0 Å². The lowest BCUT2D eigenvalue weighted by Crippen LogP contribution is -2.28. The number of rotatable bonds is 10. The number of nitrogens with one attached hydrogen (secondary N) is 2. The first kappa shape index (κ1) is 25.0. The van der Waals surface area contributed by atoms with Crippen molar-refractivity contribution in [2.75, 3.05) is 19.5 Å². The molecule has 1 heterocycles. The molecule has 0 spiro atoms. The highest BCUT2D eigenvalue weighted by Gasteiger charge is 2.20. The normalized spacial score (nSPS) is 10.3. The van der Waals surface area contributed by atoms with E-state index < -0.39 is 11.0 Å². The van der Waals surface area contributed by atoms with Crippen molar-refractivity contribution in [3.63, 3.8) is 0 Å². The summed E-state index contributed by atoms with van der Waals surface area (Å²) < 4.78 is 16.0. The fraction of sp³-hybridized carbons (Fsp3) is 0.208. The first-order chi connectivity index (χ1) is 16.8. The van der Waals surface area contributed by atoms with Crippen LogP contribution in [-0.2, 0) is 6.54 Å². The highest BCUT2D eigenvalue weighted by molar-refractivity contribution is 5.94. The molecule has 0 aliphatic rings. The molecular weight excluding hydrogens is 456 g/mol. The second-order valence-corrected chi connectivity index (χ2v) is 7.19. The van der Waals surface area contributed by atoms with Gasteiger partial charge in [0.2, 0.25) is 0 Å². The van der Waals surface area contributed by atoms with Crippen LogP contribution in [0.3, 0.4) is 0 Å². The Morgan fingerprint density at radius 3 is 2.34 bits per heavy atom. The highest BCUT2D eigenvalue weighted by atomic mass is 16.6. The number of benzene rings is 2. The number of hydrogen-bond donors (Lipinski definition) is 2. The molecule has 0 saturated heterocycles. The van der Waals surface area contributed by atoms with Gasteiger partial charge in [0.1, 0.15) is 22.9 Å². The number of nitrogens with zero attached hydrogens (tertiary/aromatic N) is 2. The van der Waals surface area contributed by atoms with Crippen LogP contribution in [0.15, 0.2) is 54.7 Å². The zero-order valence-corrected chi connectivity index (χ0v) is 19.4. The van der Waals surface area contributed by atoms with Gasteiger partial charge < -0.3 is 24.8 Å². The van der Waals surface area contributed by atoms with E-state index in [-0.39, 0.29) is 35.2 Å². The molecule has 0 saturated carbocycles. The number of Topliss-reactive ketones (excluding diaryl/α,β-unsaturated/α-hetero) is 1. The maximum atomic E-state index is 12.4. The van der Waals surface area contributed by atoms with E-state index in [9.17, 15) is 19.7 Å². The summed E-state index contributed by atoms with van der Waals surface area (Å²) in [7, 11) is 2.64. The lowest BCUT2D eigenvalue weighted by atomic mass is 10.2. The molecule has 2 aromatic carbocycles. The zero-order valence-electron chi connectivity index (χ0n) is 19.4. The topological polar surface area (TPSA) is 142 Å². The van der Waals surface area contributed by atoms with Crippen molar-refractivity contribution in [1.82, 2.24) is 10.3 Å². The Hall–Kier alpha value is -4.67. The predicted molar refractivity (Wildman–Crippen MR) is 127 cm³/mol. The second kappa shape index (κ2) is 11.5. The molecule has 1 aromatic heterocycles. The smallest absolute Gasteiger partial charge is 0.319 e. The van der Waals surface area contributed by atoms with Crippen LogP contribution >= 0.6 is 0 Å². The molecule has 35 heavy (non-hydrogen) atoms. The third-order valence-corrected chi connectivity index (χ3v) is 4.90. The predicted octanol–water partition coefficient (Wildman–Crippen LogP) is 4.71. The summed E-state index contributed by atoms with van der Waals surface area (Å²) in [4.78, 5) is 38.8. The SMILES string of the molecule is CCC(=O)c1cc(Oc2ccc(CNC(=O)Nc3cc(OC)c([N+](=O)[O-])cc3OC)cc2)ccn1. The van der Waals surface area contributed by atoms with Crippen molar-refractivity contribution in [2.45, 2.75) is 19.9 Å². The number of nitro groups is 1. The third kappa shape index (κ3) is 6.44. The maximum absolute atomic E-state index is 12.4. The van der Waals surface area contributed by atoms with Gasteiger partial charge >= 0.3 is 11.7 Å². The molecule has 3 rings (SSSR count). The molecule has 0 radical (unpaired) electrons. The maximum Gasteiger partial charge on any atom is 0.319 e. The van der Waals surface area contributed by atoms with Gasteiger partial charge in [-0.05, 0) is 23.8 Å². The molecule has 0 fully saturated rings. The molecule has 0 bridgehead atoms. The van der Waals surface area contributed by atoms with Crippen LogP contribution in [0.5, 0.6) is 23.0 Å². The largest absolute Gasteiger partial charge is 0.494 e. The van der Waals surface area contributed by atoms with E-state index in [1.54, 1.807) is 43.3 Å². The number of hydrogen-bond acceptors (Lipinski definition) is 8. The van der Waals surface area contributed by atoms with Crippen LogP contribution in [0, 0.1) is 10.1 Å². The number of urea groups is 1. The molecule has 0 unspecified atom stereocenters. The van der Waals surface area contributed by atoms with Crippen molar-refractivity contribution in [2.24, 2.45) is 0 Å². The molecule has 182 valence electrons. The van der Waals surface area contributed by atoms with Gasteiger partial charge in [0.15, 0.2) is 11.5 Å². The van der Waals surface area contributed by atoms with Crippen LogP contribution < -0.4 is 24.8 Å². The lowest BCUT2D eigenvalue weighted by Gasteiger charge is -2.13. The number of ketones is 1. The Morgan fingerprint density at radius 2 is 1.71 bits per heavy atom. The average molecular weight is 480 g/mol. The fourth-order valence-electron chi connectivity index (χ4n) is 3.09. The molecule has 11 heteroatoms. The van der Waals surface area contributed by atoms with Gasteiger partial charge in [-0.2, -0.15) is 0 Å². The van der Waals surface area contributed by atoms with Crippen molar-refractivity contribution in [3.8, 4) is 23.0 Å². The number of carbonyl (C=O) groups is 2. The first-order valence-electron chi connectivity index (χ1n) is 10.6. The Labute approximate surface area is 201 Å². The Balaban J connectivity index is 1.60. The van der Waals surface area contributed by atoms with Crippen LogP contribution in [-0.4, -0.2) is 35.9 Å². The Bertz CT molecular complexity index is 1230. The minimum atomic E-state index is -0.600. The van der Waals surface area contributed by atoms with Crippen molar-refractivity contribution < 1.29 is 28.7 Å². The van der Waals surface area contributed by atoms with E-state index in [4.69, 9.17) is 14.2 Å². The highest BCUT2D eigenvalue weighted by Crippen LogP contribution is 2.37. The molecule has 0 aliphatic carbocycles. The summed E-state index contributed by atoms with van der Waals surface area (Å²) in [6.45, 7) is 1.98. The molecule has 11 nitrogen and oxygen atoms in total. The van der Waals surface area contributed by atoms with E-state index >= 15 is 0 Å². The molecule has 2 amide bonds. The van der Waals surface area contributed by atoms with Crippen molar-refractivity contribution in [3.05, 3.63) is 76.1 Å². The summed E-state index contributed by atoms with van der Waals surface area (Å²) in [5.74, 6) is 1.09. The van der Waals surface area contributed by atoms with Crippen LogP contribution in [0.1, 0.15) is 29.4 Å². The first-order valence-corrected chi connectivity index (χ1v) is 10.6. The number of anilines is 1. The van der Waals surface area contributed by atoms with Crippen LogP contribution in [0.4, 0.5) is 16.2 Å². The van der Waals surface area contributed by atoms with Gasteiger partial charge in [-0.3, -0.25) is 19.9 Å². The van der Waals surface area contributed by atoms with Gasteiger partial charge in [0, 0.05) is 31.3 Å². The molecule has 3 aromatic rings. The molecule has 0 atom stereocenters. The number of methoxy groups -OCH3 is 2. The summed E-state index contributed by atoms with van der Waals surface area (Å²) in [5.41, 5.74) is 1.09. The zero-order chi connectivity index (χ0) is 25.4. The lowest BCUT2D eigenvalue weighted by molar-refractivity contribution is -0.385. The summed E-state index contributed by atoms with van der Waals surface area (Å²) in [6.07, 6.45) is 1.88. The van der Waals surface area contributed by atoms with Gasteiger partial charge in [-0.15, -0.1) is 0 Å². The third-order valence-electron chi connectivity index (χ3n) is 4.90. The quantitative estimate of drug-likeness (QED) is 0.241. The second-order valence-electron chi connectivity index (χ2n) is 7.19. The number of amides is 2. The standard InChI is InChI=1S/C24H24N4O7/c1-4-21(29)18-11-17(9-10-25-18)35-16-7-5-15(6-8-16)14-26-24(30)27-19-12-23(34-3)20(28(31)32)13-22(19)33-2/h5-13H,4,14H2,1-3H3,(H2,26,27,30). The summed E-state index contributed by atoms with van der Waals surface area (Å²) in [6, 6.07) is 12.2. The van der Waals surface area contributed by atoms with E-state index in [1.807, 2.05) is 0 Å². The van der Waals surface area contributed by atoms with Crippen LogP contribution in [0.2, 0.25) is 0 Å². The van der Waals surface area contributed by atoms with Crippen molar-refractivity contribution >= 4 is 23.2 Å². The minimum absolute atomic E-state index is 0.0120. The molecule has 0 aliphatic heterocycles. The van der Waals surface area contributed by atoms with Gasteiger partial charge in [-0.1, -0.05) is 19.1 Å². The average Bonchev–Trinajstić information content (AvgIpc) is 2.87. The Morgan fingerprint density at radius 1 is 1.00 bits per heavy atom. The number of nitro benzene ring substituents is 1. The number of carbonyl (C=O) groups excluding carboxylic acids is 2. The monoisotopic (exact) mass is 480 g/mol. The summed E-state index contributed by atoms with van der Waals surface area (Å²) in [5, 5.41) is 16.5. The van der Waals surface area contributed by atoms with Crippen LogP contribution in [0.25, 0.3) is 0 Å². The minimum Gasteiger partial charge on any atom is -0.494 e. The van der Waals surface area contributed by atoms with E-state index in [0.29, 0.717) is 23.6 Å². The van der Waals surface area contributed by atoms with Gasteiger partial charge in [0.25, 0.3) is 0 Å². The fourth-order valence-corrected chi connectivity index (χ4v) is 3.09. The number of ether oxygens (including phenoxy) is 3. The van der Waals surface area contributed by atoms with E-state index in [2.05, 4.69) is 15.6 Å². The van der Waals surface area contributed by atoms with Gasteiger partial charge in [0.05, 0.1) is 30.9 Å². The van der Waals surface area contributed by atoms with Gasteiger partial charge in [-0.25, -0.2) is 4.79 Å². The molecular formula is C24H24N4O7. The van der Waals surface area contributed by atoms with E-state index in [1.165, 1.54) is 32.5 Å². The molecule has 2 N–H and O–H groups in total.